The van der Waals surface area contributed by atoms with Crippen molar-refractivity contribution in [2.24, 2.45) is 17.8 Å². The molecule has 0 heterocycles. The van der Waals surface area contributed by atoms with E-state index in [-0.39, 0.29) is 5.54 Å². The Morgan fingerprint density at radius 3 is 2.12 bits per heavy atom. The monoisotopic (exact) mass is 357 g/mol. The van der Waals surface area contributed by atoms with Gasteiger partial charge >= 0.3 is 0 Å². The first-order valence-electron chi connectivity index (χ1n) is 11.0. The summed E-state index contributed by atoms with van der Waals surface area (Å²) in [5.41, 5.74) is 6.18. The van der Waals surface area contributed by atoms with Crippen molar-refractivity contribution in [3.8, 4) is 0 Å². The van der Waals surface area contributed by atoms with Crippen molar-refractivity contribution >= 4 is 8.80 Å². The summed E-state index contributed by atoms with van der Waals surface area (Å²) in [6, 6.07) is 2.99. The lowest BCUT2D eigenvalue weighted by Crippen LogP contribution is -2.68. The second kappa shape index (κ2) is 6.09. The predicted octanol–water partition coefficient (Wildman–Crippen LogP) is 5.85. The van der Waals surface area contributed by atoms with Crippen LogP contribution in [0.25, 0.3) is 0 Å². The summed E-state index contributed by atoms with van der Waals surface area (Å²) < 4.78 is 0. The summed E-state index contributed by atoms with van der Waals surface area (Å²) >= 11 is 0. The molecular weight excluding hydrogens is 318 g/mol. The molecule has 4 fully saturated rings. The van der Waals surface area contributed by atoms with Crippen LogP contribution >= 0.6 is 0 Å². The summed E-state index contributed by atoms with van der Waals surface area (Å²) in [7, 11) is -0.672. The zero-order valence-electron chi connectivity index (χ0n) is 17.4. The molecule has 4 bridgehead atoms. The van der Waals surface area contributed by atoms with Crippen LogP contribution in [0.2, 0.25) is 17.6 Å². The van der Waals surface area contributed by atoms with E-state index < -0.39 is 8.80 Å². The third-order valence-corrected chi connectivity index (χ3v) is 13.2. The maximum absolute atomic E-state index is 4.41. The van der Waals surface area contributed by atoms with E-state index in [1.807, 2.05) is 0 Å². The molecular formula is C23H39NSi. The Hall–Kier alpha value is -0.343. The van der Waals surface area contributed by atoms with Crippen LogP contribution in [-0.2, 0) is 0 Å². The summed E-state index contributed by atoms with van der Waals surface area (Å²) in [5, 5.41) is 4.41. The molecule has 25 heavy (non-hydrogen) atoms. The average molecular weight is 358 g/mol. The van der Waals surface area contributed by atoms with Gasteiger partial charge in [0.1, 0.15) is 0 Å². The van der Waals surface area contributed by atoms with Gasteiger partial charge in [-0.25, -0.2) is 0 Å². The molecule has 2 heteroatoms. The van der Waals surface area contributed by atoms with Crippen LogP contribution in [0.1, 0.15) is 73.6 Å². The predicted molar refractivity (Wildman–Crippen MR) is 112 cm³/mol. The molecule has 0 aromatic heterocycles. The Bertz CT molecular complexity index is 600. The van der Waals surface area contributed by atoms with Gasteiger partial charge in [0.15, 0.2) is 0 Å². The van der Waals surface area contributed by atoms with Crippen molar-refractivity contribution in [2.45, 2.75) is 102 Å². The van der Waals surface area contributed by atoms with E-state index in [1.54, 1.807) is 18.4 Å². The molecule has 1 nitrogen and oxygen atoms in total. The van der Waals surface area contributed by atoms with Gasteiger partial charge in [0, 0.05) is 14.3 Å². The number of allylic oxidation sites excluding steroid dienone is 2. The van der Waals surface area contributed by atoms with E-state index in [9.17, 15) is 0 Å². The Labute approximate surface area is 157 Å². The minimum absolute atomic E-state index is 0.0958. The minimum Gasteiger partial charge on any atom is -0.299 e. The fraction of sp³-hybridized carbons (Fsp3) is 0.826. The van der Waals surface area contributed by atoms with Gasteiger partial charge in [-0.15, -0.1) is 0 Å². The molecule has 0 aromatic carbocycles. The van der Waals surface area contributed by atoms with E-state index in [1.165, 1.54) is 42.5 Å². The van der Waals surface area contributed by atoms with E-state index in [4.69, 9.17) is 0 Å². The molecule has 4 unspecified atom stereocenters. The molecule has 140 valence electrons. The topological polar surface area (TPSA) is 12.0 Å². The van der Waals surface area contributed by atoms with Gasteiger partial charge in [-0.05, 0) is 94.2 Å². The SMILES string of the molecule is CC[SiH](CC)C1C2CC3CC(C2)CC1(NC1(C)C=C(C)C(C)=C1C)C3. The summed E-state index contributed by atoms with van der Waals surface area (Å²) in [6.45, 7) is 14.5. The van der Waals surface area contributed by atoms with Crippen LogP contribution in [0, 0.1) is 17.8 Å². The quantitative estimate of drug-likeness (QED) is 0.609. The fourth-order valence-corrected chi connectivity index (χ4v) is 11.8. The highest BCUT2D eigenvalue weighted by Gasteiger charge is 2.59. The third-order valence-electron chi connectivity index (χ3n) is 8.89. The third kappa shape index (κ3) is 2.65. The van der Waals surface area contributed by atoms with Crippen LogP contribution < -0.4 is 5.32 Å². The van der Waals surface area contributed by atoms with Crippen LogP contribution in [0.5, 0.6) is 0 Å². The molecule has 0 aromatic rings. The van der Waals surface area contributed by atoms with E-state index in [2.05, 4.69) is 52.9 Å². The van der Waals surface area contributed by atoms with Crippen LogP contribution in [0.4, 0.5) is 0 Å². The summed E-state index contributed by atoms with van der Waals surface area (Å²) in [4.78, 5) is 0. The molecule has 0 aliphatic heterocycles. The molecule has 0 saturated heterocycles. The van der Waals surface area contributed by atoms with Crippen molar-refractivity contribution in [3.05, 3.63) is 22.8 Å². The van der Waals surface area contributed by atoms with Crippen molar-refractivity contribution < 1.29 is 0 Å². The zero-order chi connectivity index (χ0) is 18.0. The highest BCUT2D eigenvalue weighted by molar-refractivity contribution is 6.60. The fourth-order valence-electron chi connectivity index (χ4n) is 7.88. The number of rotatable bonds is 5. The molecule has 0 amide bonds. The lowest BCUT2D eigenvalue weighted by Gasteiger charge is -2.65. The summed E-state index contributed by atoms with van der Waals surface area (Å²) in [5.74, 6) is 3.09. The first kappa shape index (κ1) is 18.0. The van der Waals surface area contributed by atoms with Crippen molar-refractivity contribution in [1.29, 1.82) is 0 Å². The van der Waals surface area contributed by atoms with Gasteiger partial charge in [0.05, 0.1) is 5.54 Å². The molecule has 5 aliphatic rings. The Balaban J connectivity index is 1.72. The molecule has 4 saturated carbocycles. The first-order chi connectivity index (χ1) is 11.8. The van der Waals surface area contributed by atoms with Gasteiger partial charge in [-0.3, -0.25) is 5.32 Å². The average Bonchev–Trinajstić information content (AvgIpc) is 2.73. The Kier molecular flexibility index (Phi) is 4.39. The lowest BCUT2D eigenvalue weighted by atomic mass is 9.52. The summed E-state index contributed by atoms with van der Waals surface area (Å²) in [6.07, 6.45) is 10.2. The molecule has 4 atom stereocenters. The van der Waals surface area contributed by atoms with Crippen molar-refractivity contribution in [1.82, 2.24) is 5.32 Å². The molecule has 0 spiro atoms. The van der Waals surface area contributed by atoms with Crippen molar-refractivity contribution in [3.63, 3.8) is 0 Å². The Morgan fingerprint density at radius 2 is 1.64 bits per heavy atom. The minimum atomic E-state index is -0.672. The highest BCUT2D eigenvalue weighted by atomic mass is 28.3. The van der Waals surface area contributed by atoms with Gasteiger partial charge in [-0.2, -0.15) is 0 Å². The maximum atomic E-state index is 4.41. The molecule has 5 aliphatic carbocycles. The standard InChI is InChI=1S/C23H39NSi/c1-7-25(8-2)21-20-10-18-9-19(11-20)14-23(21,13-18)24-22(6)12-15(3)16(4)17(22)5/h12,18-21,24-25H,7-11,13-14H2,1-6H3. The van der Waals surface area contributed by atoms with Crippen LogP contribution in [0.3, 0.4) is 0 Å². The molecule has 5 rings (SSSR count). The maximum Gasteiger partial charge on any atom is 0.0564 e. The van der Waals surface area contributed by atoms with Gasteiger partial charge < -0.3 is 0 Å². The van der Waals surface area contributed by atoms with Gasteiger partial charge in [0.2, 0.25) is 0 Å². The lowest BCUT2D eigenvalue weighted by molar-refractivity contribution is -0.0282. The Morgan fingerprint density at radius 1 is 1.04 bits per heavy atom. The van der Waals surface area contributed by atoms with Crippen LogP contribution in [0.15, 0.2) is 22.8 Å². The first-order valence-corrected chi connectivity index (χ1v) is 13.3. The van der Waals surface area contributed by atoms with Gasteiger partial charge in [-0.1, -0.05) is 37.6 Å². The highest BCUT2D eigenvalue weighted by Crippen LogP contribution is 2.63. The second-order valence-electron chi connectivity index (χ2n) is 10.3. The largest absolute Gasteiger partial charge is 0.299 e. The van der Waals surface area contributed by atoms with E-state index in [0.29, 0.717) is 5.54 Å². The molecule has 1 N–H and O–H groups in total. The number of hydrogen-bond donors (Lipinski definition) is 1. The smallest absolute Gasteiger partial charge is 0.0564 e. The zero-order valence-corrected chi connectivity index (χ0v) is 18.6. The number of hydrogen-bond acceptors (Lipinski definition) is 1. The molecule has 0 radical (unpaired) electrons. The van der Waals surface area contributed by atoms with Crippen LogP contribution in [-0.4, -0.2) is 19.9 Å². The number of nitrogens with one attached hydrogen (secondary N) is 1. The second-order valence-corrected chi connectivity index (χ2v) is 14.1. The normalized spacial score (nSPS) is 45.6. The van der Waals surface area contributed by atoms with E-state index >= 15 is 0 Å². The van der Waals surface area contributed by atoms with Gasteiger partial charge in [0.25, 0.3) is 0 Å². The van der Waals surface area contributed by atoms with Crippen molar-refractivity contribution in [2.75, 3.05) is 0 Å². The van der Waals surface area contributed by atoms with E-state index in [0.717, 1.165) is 23.3 Å².